The summed E-state index contributed by atoms with van der Waals surface area (Å²) in [6, 6.07) is 9.01. The average molecular weight is 511 g/mol. The molecule has 4 N–H and O–H groups in total. The molecule has 200 valence electrons. The normalized spacial score (nSPS) is 14.4. The minimum atomic E-state index is -1.09. The van der Waals surface area contributed by atoms with Crippen LogP contribution in [0.2, 0.25) is 0 Å². The summed E-state index contributed by atoms with van der Waals surface area (Å²) in [4.78, 5) is 24.2. The van der Waals surface area contributed by atoms with Crippen molar-refractivity contribution in [2.24, 2.45) is 17.6 Å². The molecule has 1 aromatic carbocycles. The number of allylic oxidation sites excluding steroid dienone is 2. The van der Waals surface area contributed by atoms with Gasteiger partial charge >= 0.3 is 5.97 Å². The maximum absolute atomic E-state index is 12.3. The van der Waals surface area contributed by atoms with Crippen LogP contribution in [-0.4, -0.2) is 42.8 Å². The van der Waals surface area contributed by atoms with Crippen molar-refractivity contribution < 1.29 is 19.4 Å². The predicted molar refractivity (Wildman–Crippen MR) is 146 cm³/mol. The van der Waals surface area contributed by atoms with E-state index < -0.39 is 24.0 Å². The number of rotatable bonds is 17. The Morgan fingerprint density at radius 1 is 1.14 bits per heavy atom. The molecule has 0 heterocycles. The zero-order chi connectivity index (χ0) is 25.6. The first-order chi connectivity index (χ1) is 16.2. The Morgan fingerprint density at radius 2 is 1.77 bits per heavy atom. The molecule has 0 spiro atoms. The quantitative estimate of drug-likeness (QED) is 0.190. The van der Waals surface area contributed by atoms with Gasteiger partial charge in [-0.25, -0.2) is 0 Å². The van der Waals surface area contributed by atoms with Crippen molar-refractivity contribution in [2.45, 2.75) is 90.2 Å². The molecular weight excluding hydrogens is 464 g/mol. The number of ether oxygens (including phenoxy) is 1. The summed E-state index contributed by atoms with van der Waals surface area (Å²) in [5.74, 6) is -0.971. The number of unbranched alkanes of at least 4 members (excludes halogenated alkanes) is 2. The largest absolute Gasteiger partial charge is 0.480 e. The van der Waals surface area contributed by atoms with E-state index in [1.165, 1.54) is 0 Å². The lowest BCUT2D eigenvalue weighted by molar-refractivity contribution is -0.142. The van der Waals surface area contributed by atoms with E-state index in [0.29, 0.717) is 25.3 Å². The maximum atomic E-state index is 12.3. The number of carbonyl (C=O) groups excluding carboxylic acids is 1. The summed E-state index contributed by atoms with van der Waals surface area (Å²) in [5, 5.41) is 12.7. The second kappa shape index (κ2) is 17.5. The fourth-order valence-corrected chi connectivity index (χ4v) is 4.89. The molecule has 1 unspecified atom stereocenters. The number of halogens is 1. The second-order valence-electron chi connectivity index (χ2n) is 9.47. The summed E-state index contributed by atoms with van der Waals surface area (Å²) in [5.41, 5.74) is 6.93. The Kier molecular flexibility index (Phi) is 16.6. The van der Waals surface area contributed by atoms with Crippen LogP contribution in [0.4, 0.5) is 0 Å². The standard InChI is InChI=1S/C28H46N2O4.ClH/c1-6-28(7-2,22-16-12-10-13-17-22)26(34-5)23(25(29)27(32)33)19-20-30-24(31)18-14-9-8-11-15-21(3)4;/h10-13,15-17,21,23,25-26H,6-9,14,18-20,29H2,1-5H3,(H,30,31)(H,32,33);1H/t23-,25+,26?;/m1./s1. The number of aliphatic carboxylic acids is 1. The van der Waals surface area contributed by atoms with Gasteiger partial charge in [0.15, 0.2) is 0 Å². The fourth-order valence-electron chi connectivity index (χ4n) is 4.89. The van der Waals surface area contributed by atoms with Crippen LogP contribution in [0.25, 0.3) is 0 Å². The third-order valence-corrected chi connectivity index (χ3v) is 6.89. The molecule has 0 aliphatic rings. The van der Waals surface area contributed by atoms with Gasteiger partial charge in [-0.1, -0.05) is 70.2 Å². The fraction of sp³-hybridized carbons (Fsp3) is 0.643. The number of hydrogen-bond acceptors (Lipinski definition) is 4. The summed E-state index contributed by atoms with van der Waals surface area (Å²) >= 11 is 0. The number of carbonyl (C=O) groups is 2. The van der Waals surface area contributed by atoms with Crippen LogP contribution in [0.1, 0.15) is 78.2 Å². The molecular formula is C28H47ClN2O4. The van der Waals surface area contributed by atoms with E-state index in [4.69, 9.17) is 10.5 Å². The molecule has 0 bridgehead atoms. The minimum Gasteiger partial charge on any atom is -0.480 e. The Bertz CT molecular complexity index is 751. The molecule has 0 saturated heterocycles. The van der Waals surface area contributed by atoms with E-state index in [1.807, 2.05) is 18.2 Å². The summed E-state index contributed by atoms with van der Waals surface area (Å²) in [6.07, 6.45) is 9.20. The molecule has 0 aliphatic heterocycles. The highest BCUT2D eigenvalue weighted by Crippen LogP contribution is 2.41. The SMILES string of the molecule is CCC(CC)(c1ccccc1)C(OC)[C@H](CCNC(=O)CCCCC=CC(C)C)[C@H](N)C(=O)O.Cl. The number of methoxy groups -OCH3 is 1. The van der Waals surface area contributed by atoms with E-state index in [9.17, 15) is 14.7 Å². The Hall–Kier alpha value is -1.89. The summed E-state index contributed by atoms with van der Waals surface area (Å²) in [7, 11) is 1.63. The molecule has 3 atom stereocenters. The maximum Gasteiger partial charge on any atom is 0.320 e. The number of carboxylic acid groups (broad SMARTS) is 1. The van der Waals surface area contributed by atoms with Gasteiger partial charge in [0.25, 0.3) is 0 Å². The van der Waals surface area contributed by atoms with Gasteiger partial charge in [0.05, 0.1) is 6.10 Å². The molecule has 0 aromatic heterocycles. The second-order valence-corrected chi connectivity index (χ2v) is 9.47. The number of hydrogen-bond donors (Lipinski definition) is 3. The molecule has 1 amide bonds. The van der Waals surface area contributed by atoms with Crippen LogP contribution in [0.15, 0.2) is 42.5 Å². The zero-order valence-corrected chi connectivity index (χ0v) is 23.0. The number of amides is 1. The third kappa shape index (κ3) is 10.3. The molecule has 1 aromatic rings. The van der Waals surface area contributed by atoms with Crippen molar-refractivity contribution in [1.82, 2.24) is 5.32 Å². The minimum absolute atomic E-state index is 0. The Labute approximate surface area is 218 Å². The van der Waals surface area contributed by atoms with Crippen molar-refractivity contribution in [3.63, 3.8) is 0 Å². The van der Waals surface area contributed by atoms with Gasteiger partial charge in [0.2, 0.25) is 5.91 Å². The highest BCUT2D eigenvalue weighted by Gasteiger charge is 2.45. The first-order valence-corrected chi connectivity index (χ1v) is 12.7. The van der Waals surface area contributed by atoms with Gasteiger partial charge in [-0.2, -0.15) is 0 Å². The van der Waals surface area contributed by atoms with Crippen LogP contribution in [0, 0.1) is 11.8 Å². The third-order valence-electron chi connectivity index (χ3n) is 6.89. The van der Waals surface area contributed by atoms with Crippen molar-refractivity contribution in [1.29, 1.82) is 0 Å². The van der Waals surface area contributed by atoms with Gasteiger partial charge in [-0.05, 0) is 50.0 Å². The van der Waals surface area contributed by atoms with Crippen molar-refractivity contribution in [3.8, 4) is 0 Å². The lowest BCUT2D eigenvalue weighted by Gasteiger charge is -2.44. The van der Waals surface area contributed by atoms with Gasteiger partial charge in [-0.3, -0.25) is 9.59 Å². The lowest BCUT2D eigenvalue weighted by atomic mass is 9.65. The summed E-state index contributed by atoms with van der Waals surface area (Å²) in [6.45, 7) is 8.86. The molecule has 35 heavy (non-hydrogen) atoms. The monoisotopic (exact) mass is 510 g/mol. The van der Waals surface area contributed by atoms with Crippen molar-refractivity contribution in [2.75, 3.05) is 13.7 Å². The number of nitrogens with two attached hydrogens (primary N) is 1. The van der Waals surface area contributed by atoms with Gasteiger partial charge < -0.3 is 20.9 Å². The van der Waals surface area contributed by atoms with Crippen LogP contribution in [0.5, 0.6) is 0 Å². The molecule has 0 radical (unpaired) electrons. The van der Waals surface area contributed by atoms with Gasteiger partial charge in [0, 0.05) is 31.4 Å². The van der Waals surface area contributed by atoms with Gasteiger partial charge in [0.1, 0.15) is 6.04 Å². The first-order valence-electron chi connectivity index (χ1n) is 12.7. The Balaban J connectivity index is 0.0000116. The number of benzene rings is 1. The van der Waals surface area contributed by atoms with E-state index in [2.05, 4.69) is 57.3 Å². The highest BCUT2D eigenvalue weighted by atomic mass is 35.5. The highest BCUT2D eigenvalue weighted by molar-refractivity contribution is 5.85. The van der Waals surface area contributed by atoms with Gasteiger partial charge in [-0.15, -0.1) is 12.4 Å². The first kappa shape index (κ1) is 33.1. The van der Waals surface area contributed by atoms with E-state index >= 15 is 0 Å². The van der Waals surface area contributed by atoms with E-state index in [1.54, 1.807) is 7.11 Å². The predicted octanol–water partition coefficient (Wildman–Crippen LogP) is 5.49. The molecule has 7 heteroatoms. The number of nitrogens with one attached hydrogen (secondary N) is 1. The van der Waals surface area contributed by atoms with Crippen LogP contribution in [0.3, 0.4) is 0 Å². The van der Waals surface area contributed by atoms with Crippen LogP contribution < -0.4 is 11.1 Å². The smallest absolute Gasteiger partial charge is 0.320 e. The molecule has 1 rings (SSSR count). The number of carboxylic acids is 1. The van der Waals surface area contributed by atoms with E-state index in [-0.39, 0.29) is 23.7 Å². The molecule has 6 nitrogen and oxygen atoms in total. The molecule has 0 fully saturated rings. The Morgan fingerprint density at radius 3 is 2.29 bits per heavy atom. The average Bonchev–Trinajstić information content (AvgIpc) is 2.83. The van der Waals surface area contributed by atoms with Crippen molar-refractivity contribution in [3.05, 3.63) is 48.0 Å². The zero-order valence-electron chi connectivity index (χ0n) is 22.2. The van der Waals surface area contributed by atoms with Crippen LogP contribution in [-0.2, 0) is 19.7 Å². The lowest BCUT2D eigenvalue weighted by Crippen LogP contribution is -2.53. The molecule has 0 aliphatic carbocycles. The topological polar surface area (TPSA) is 102 Å². The molecule has 0 saturated carbocycles. The van der Waals surface area contributed by atoms with Crippen LogP contribution >= 0.6 is 12.4 Å². The summed E-state index contributed by atoms with van der Waals surface area (Å²) < 4.78 is 6.00. The van der Waals surface area contributed by atoms with E-state index in [0.717, 1.165) is 37.7 Å². The van der Waals surface area contributed by atoms with Crippen molar-refractivity contribution >= 4 is 24.3 Å².